The predicted molar refractivity (Wildman–Crippen MR) is 61.2 cm³/mol. The summed E-state index contributed by atoms with van der Waals surface area (Å²) in [5.41, 5.74) is 1.13. The summed E-state index contributed by atoms with van der Waals surface area (Å²) in [5, 5.41) is 4.36. The van der Waals surface area contributed by atoms with Gasteiger partial charge >= 0.3 is 0 Å². The van der Waals surface area contributed by atoms with Crippen LogP contribution in [0.2, 0.25) is 0 Å². The Bertz CT molecular complexity index is 254. The highest BCUT2D eigenvalue weighted by Gasteiger charge is 2.01. The van der Waals surface area contributed by atoms with E-state index in [9.17, 15) is 0 Å². The van der Waals surface area contributed by atoms with Crippen molar-refractivity contribution in [3.63, 3.8) is 0 Å². The van der Waals surface area contributed by atoms with Crippen LogP contribution in [0.5, 0.6) is 0 Å². The number of aromatic nitrogens is 1. The van der Waals surface area contributed by atoms with Gasteiger partial charge in [0.1, 0.15) is 0 Å². The summed E-state index contributed by atoms with van der Waals surface area (Å²) < 4.78 is 4.98. The number of hydrogen-bond acceptors (Lipinski definition) is 4. The molecule has 0 bridgehead atoms. The molecule has 0 amide bonds. The van der Waals surface area contributed by atoms with Gasteiger partial charge in [0, 0.05) is 25.1 Å². The average Bonchev–Trinajstić information content (AvgIpc) is 2.46. The highest BCUT2D eigenvalue weighted by atomic mass is 32.1. The first kappa shape index (κ1) is 11.5. The van der Waals surface area contributed by atoms with E-state index in [1.54, 1.807) is 18.4 Å². The Morgan fingerprint density at radius 1 is 1.36 bits per heavy atom. The first-order valence-corrected chi connectivity index (χ1v) is 5.72. The second-order valence-electron chi connectivity index (χ2n) is 3.29. The fraction of sp³-hybridized carbons (Fsp3) is 0.700. The molecule has 1 rings (SSSR count). The van der Waals surface area contributed by atoms with Crippen molar-refractivity contribution in [2.45, 2.75) is 26.7 Å². The van der Waals surface area contributed by atoms with Crippen molar-refractivity contribution >= 4 is 16.5 Å². The van der Waals surface area contributed by atoms with E-state index in [1.807, 2.05) is 6.92 Å². The second-order valence-corrected chi connectivity index (χ2v) is 4.49. The third-order valence-corrected chi connectivity index (χ3v) is 3.11. The van der Waals surface area contributed by atoms with E-state index in [0.717, 1.165) is 36.8 Å². The summed E-state index contributed by atoms with van der Waals surface area (Å²) in [6.07, 6.45) is 2.23. The number of unbranched alkanes of at least 4 members (excludes halogenated alkanes) is 1. The summed E-state index contributed by atoms with van der Waals surface area (Å²) in [5.74, 6) is 0. The Hall–Kier alpha value is -0.610. The van der Waals surface area contributed by atoms with Crippen LogP contribution in [0, 0.1) is 13.8 Å². The molecule has 3 nitrogen and oxygen atoms in total. The molecule has 1 N–H and O–H groups in total. The number of nitrogens with one attached hydrogen (secondary N) is 1. The van der Waals surface area contributed by atoms with Gasteiger partial charge in [-0.15, -0.1) is 11.3 Å². The van der Waals surface area contributed by atoms with Crippen molar-refractivity contribution < 1.29 is 4.74 Å². The zero-order valence-electron chi connectivity index (χ0n) is 9.09. The molecule has 0 aliphatic rings. The molecule has 0 aliphatic carbocycles. The first-order valence-electron chi connectivity index (χ1n) is 4.91. The molecular weight excluding hydrogens is 196 g/mol. The molecule has 0 radical (unpaired) electrons. The van der Waals surface area contributed by atoms with Crippen LogP contribution < -0.4 is 5.32 Å². The van der Waals surface area contributed by atoms with Crippen molar-refractivity contribution in [3.05, 3.63) is 10.6 Å². The normalized spacial score (nSPS) is 10.5. The van der Waals surface area contributed by atoms with Gasteiger partial charge in [0.05, 0.1) is 5.69 Å². The molecular formula is C10H18N2OS. The third kappa shape index (κ3) is 3.64. The third-order valence-electron chi connectivity index (χ3n) is 2.08. The van der Waals surface area contributed by atoms with Gasteiger partial charge in [-0.1, -0.05) is 0 Å². The lowest BCUT2D eigenvalue weighted by Gasteiger charge is -2.01. The lowest BCUT2D eigenvalue weighted by Crippen LogP contribution is -2.02. The van der Waals surface area contributed by atoms with Crippen LogP contribution in [0.4, 0.5) is 5.13 Å². The average molecular weight is 214 g/mol. The molecule has 1 aromatic rings. The smallest absolute Gasteiger partial charge is 0.183 e. The number of anilines is 1. The van der Waals surface area contributed by atoms with Gasteiger partial charge in [-0.25, -0.2) is 4.98 Å². The molecule has 0 fully saturated rings. The van der Waals surface area contributed by atoms with Gasteiger partial charge < -0.3 is 10.1 Å². The van der Waals surface area contributed by atoms with Crippen molar-refractivity contribution in [2.24, 2.45) is 0 Å². The Kier molecular flexibility index (Phi) is 4.90. The Labute approximate surface area is 89.5 Å². The van der Waals surface area contributed by atoms with Crippen LogP contribution in [0.15, 0.2) is 0 Å². The highest BCUT2D eigenvalue weighted by molar-refractivity contribution is 7.15. The van der Waals surface area contributed by atoms with Crippen LogP contribution in [0.25, 0.3) is 0 Å². The zero-order chi connectivity index (χ0) is 10.4. The SMILES string of the molecule is COCCCCNc1nc(C)c(C)s1. The van der Waals surface area contributed by atoms with E-state index in [1.165, 1.54) is 4.88 Å². The maximum atomic E-state index is 4.98. The van der Waals surface area contributed by atoms with Crippen molar-refractivity contribution in [1.82, 2.24) is 4.98 Å². The summed E-state index contributed by atoms with van der Waals surface area (Å²) in [6.45, 7) is 5.97. The topological polar surface area (TPSA) is 34.1 Å². The van der Waals surface area contributed by atoms with E-state index >= 15 is 0 Å². The van der Waals surface area contributed by atoms with E-state index < -0.39 is 0 Å². The van der Waals surface area contributed by atoms with E-state index in [-0.39, 0.29) is 0 Å². The summed E-state index contributed by atoms with van der Waals surface area (Å²) in [6, 6.07) is 0. The predicted octanol–water partition coefficient (Wildman–Crippen LogP) is 2.60. The van der Waals surface area contributed by atoms with Gasteiger partial charge in [-0.3, -0.25) is 0 Å². The fourth-order valence-corrected chi connectivity index (χ4v) is 1.96. The molecule has 0 aliphatic heterocycles. The van der Waals surface area contributed by atoms with E-state index in [2.05, 4.69) is 17.2 Å². The van der Waals surface area contributed by atoms with Crippen LogP contribution in [-0.4, -0.2) is 25.2 Å². The zero-order valence-corrected chi connectivity index (χ0v) is 9.91. The Balaban J connectivity index is 2.18. The Morgan fingerprint density at radius 3 is 2.71 bits per heavy atom. The number of ether oxygens (including phenoxy) is 1. The highest BCUT2D eigenvalue weighted by Crippen LogP contribution is 2.20. The molecule has 0 unspecified atom stereocenters. The van der Waals surface area contributed by atoms with E-state index in [0.29, 0.717) is 0 Å². The molecule has 1 heterocycles. The second kappa shape index (κ2) is 5.98. The van der Waals surface area contributed by atoms with Crippen LogP contribution in [0.1, 0.15) is 23.4 Å². The maximum Gasteiger partial charge on any atom is 0.183 e. The van der Waals surface area contributed by atoms with Gasteiger partial charge in [0.25, 0.3) is 0 Å². The van der Waals surface area contributed by atoms with Crippen molar-refractivity contribution in [3.8, 4) is 0 Å². The standard InChI is InChI=1S/C10H18N2OS/c1-8-9(2)14-10(12-8)11-6-4-5-7-13-3/h4-7H2,1-3H3,(H,11,12). The van der Waals surface area contributed by atoms with Gasteiger partial charge in [0.2, 0.25) is 0 Å². The summed E-state index contributed by atoms with van der Waals surface area (Å²) >= 11 is 1.72. The largest absolute Gasteiger partial charge is 0.385 e. The van der Waals surface area contributed by atoms with Crippen LogP contribution in [0.3, 0.4) is 0 Å². The molecule has 0 saturated heterocycles. The van der Waals surface area contributed by atoms with Gasteiger partial charge in [-0.05, 0) is 26.7 Å². The number of thiazole rings is 1. The molecule has 4 heteroatoms. The molecule has 0 atom stereocenters. The lowest BCUT2D eigenvalue weighted by atomic mass is 10.3. The number of methoxy groups -OCH3 is 1. The Morgan fingerprint density at radius 2 is 2.14 bits per heavy atom. The van der Waals surface area contributed by atoms with Gasteiger partial charge in [0.15, 0.2) is 5.13 Å². The van der Waals surface area contributed by atoms with E-state index in [4.69, 9.17) is 4.74 Å². The number of nitrogens with zero attached hydrogens (tertiary/aromatic N) is 1. The minimum Gasteiger partial charge on any atom is -0.385 e. The monoisotopic (exact) mass is 214 g/mol. The first-order chi connectivity index (χ1) is 6.74. The number of hydrogen-bond donors (Lipinski definition) is 1. The number of aryl methyl sites for hydroxylation is 2. The quantitative estimate of drug-likeness (QED) is 0.739. The molecule has 14 heavy (non-hydrogen) atoms. The molecule has 80 valence electrons. The maximum absolute atomic E-state index is 4.98. The van der Waals surface area contributed by atoms with Crippen LogP contribution >= 0.6 is 11.3 Å². The molecule has 0 aromatic carbocycles. The van der Waals surface area contributed by atoms with Crippen molar-refractivity contribution in [2.75, 3.05) is 25.6 Å². The minimum absolute atomic E-state index is 0.845. The van der Waals surface area contributed by atoms with Crippen LogP contribution in [-0.2, 0) is 4.74 Å². The molecule has 1 aromatic heterocycles. The number of rotatable bonds is 6. The summed E-state index contributed by atoms with van der Waals surface area (Å²) in [4.78, 5) is 5.70. The fourth-order valence-electron chi connectivity index (χ4n) is 1.12. The summed E-state index contributed by atoms with van der Waals surface area (Å²) in [7, 11) is 1.74. The molecule has 0 saturated carbocycles. The lowest BCUT2D eigenvalue weighted by molar-refractivity contribution is 0.194. The van der Waals surface area contributed by atoms with Gasteiger partial charge in [-0.2, -0.15) is 0 Å². The minimum atomic E-state index is 0.845. The molecule has 0 spiro atoms. The van der Waals surface area contributed by atoms with Crippen molar-refractivity contribution in [1.29, 1.82) is 0 Å².